The number of pyridine rings is 1. The summed E-state index contributed by atoms with van der Waals surface area (Å²) in [4.78, 5) is 22.5. The first kappa shape index (κ1) is 13.0. The molecule has 0 aromatic carbocycles. The van der Waals surface area contributed by atoms with Crippen molar-refractivity contribution in [3.8, 4) is 0 Å². The van der Waals surface area contributed by atoms with Gasteiger partial charge in [0.15, 0.2) is 0 Å². The Labute approximate surface area is 109 Å². The summed E-state index contributed by atoms with van der Waals surface area (Å²) in [6.07, 6.45) is 4.96. The van der Waals surface area contributed by atoms with Crippen LogP contribution < -0.4 is 10.6 Å². The second kappa shape index (κ2) is 5.94. The highest BCUT2D eigenvalue weighted by atomic mass is 19.1. The minimum Gasteiger partial charge on any atom is -0.372 e. The molecule has 0 fully saturated rings. The third kappa shape index (κ3) is 3.27. The molecule has 0 saturated carbocycles. The lowest BCUT2D eigenvalue weighted by Crippen LogP contribution is -2.27. The molecular formula is C12H14FN5O. The van der Waals surface area contributed by atoms with Crippen LogP contribution in [0, 0.1) is 5.82 Å². The van der Waals surface area contributed by atoms with Gasteiger partial charge in [-0.3, -0.25) is 4.79 Å². The van der Waals surface area contributed by atoms with E-state index in [1.165, 1.54) is 0 Å². The minimum absolute atomic E-state index is 0.187. The lowest BCUT2D eigenvalue weighted by atomic mass is 10.2. The van der Waals surface area contributed by atoms with E-state index in [0.717, 1.165) is 18.0 Å². The van der Waals surface area contributed by atoms with Crippen LogP contribution in [0.15, 0.2) is 24.8 Å². The molecule has 2 heterocycles. The Hall–Kier alpha value is -2.44. The Bertz CT molecular complexity index is 555. The van der Waals surface area contributed by atoms with Crippen LogP contribution in [0.1, 0.15) is 16.1 Å². The van der Waals surface area contributed by atoms with Crippen molar-refractivity contribution in [1.29, 1.82) is 0 Å². The first-order chi connectivity index (χ1) is 9.20. The lowest BCUT2D eigenvalue weighted by Gasteiger charge is -2.08. The van der Waals surface area contributed by atoms with Gasteiger partial charge in [-0.15, -0.1) is 0 Å². The van der Waals surface area contributed by atoms with E-state index in [1.54, 1.807) is 19.6 Å². The summed E-state index contributed by atoms with van der Waals surface area (Å²) in [5, 5.41) is 5.46. The summed E-state index contributed by atoms with van der Waals surface area (Å²) in [5.74, 6) is -0.561. The normalized spacial score (nSPS) is 10.2. The number of aromatic amines is 1. The second-order valence-electron chi connectivity index (χ2n) is 3.88. The Morgan fingerprint density at radius 3 is 3.00 bits per heavy atom. The van der Waals surface area contributed by atoms with Gasteiger partial charge in [-0.1, -0.05) is 0 Å². The Balaban J connectivity index is 1.97. The fraction of sp³-hybridized carbons (Fsp3) is 0.250. The Morgan fingerprint density at radius 2 is 2.32 bits per heavy atom. The van der Waals surface area contributed by atoms with Crippen LogP contribution in [0.3, 0.4) is 0 Å². The maximum absolute atomic E-state index is 13.1. The average molecular weight is 263 g/mol. The predicted octanol–water partition coefficient (Wildman–Crippen LogP) is 0.958. The van der Waals surface area contributed by atoms with Gasteiger partial charge in [0.05, 0.1) is 18.1 Å². The zero-order valence-electron chi connectivity index (χ0n) is 10.4. The van der Waals surface area contributed by atoms with Crippen molar-refractivity contribution >= 4 is 11.7 Å². The molecule has 3 N–H and O–H groups in total. The molecule has 0 radical (unpaired) electrons. The monoisotopic (exact) mass is 263 g/mol. The van der Waals surface area contributed by atoms with Gasteiger partial charge in [0.1, 0.15) is 11.6 Å². The maximum Gasteiger partial charge on any atom is 0.255 e. The molecule has 0 atom stereocenters. The molecule has 0 saturated heterocycles. The van der Waals surface area contributed by atoms with E-state index in [9.17, 15) is 9.18 Å². The highest BCUT2D eigenvalue weighted by molar-refractivity contribution is 5.98. The number of aromatic nitrogens is 3. The Morgan fingerprint density at radius 1 is 1.47 bits per heavy atom. The molecule has 0 unspecified atom stereocenters. The molecule has 0 aliphatic carbocycles. The van der Waals surface area contributed by atoms with Crippen LogP contribution in [0.2, 0.25) is 0 Å². The molecule has 2 aromatic heterocycles. The van der Waals surface area contributed by atoms with Crippen LogP contribution in [0.5, 0.6) is 0 Å². The lowest BCUT2D eigenvalue weighted by molar-refractivity contribution is 0.0954. The minimum atomic E-state index is -0.544. The molecule has 0 aliphatic rings. The molecule has 100 valence electrons. The van der Waals surface area contributed by atoms with Crippen molar-refractivity contribution in [3.63, 3.8) is 0 Å². The largest absolute Gasteiger partial charge is 0.372 e. The quantitative estimate of drug-likeness (QED) is 0.750. The van der Waals surface area contributed by atoms with E-state index in [1.807, 2.05) is 0 Å². The number of imidazole rings is 1. The van der Waals surface area contributed by atoms with Gasteiger partial charge in [-0.05, 0) is 6.07 Å². The summed E-state index contributed by atoms with van der Waals surface area (Å²) >= 11 is 0. The van der Waals surface area contributed by atoms with Crippen molar-refractivity contribution in [1.82, 2.24) is 20.3 Å². The molecule has 7 heteroatoms. The number of carbonyl (C=O) groups excluding carboxylic acids is 1. The second-order valence-corrected chi connectivity index (χ2v) is 3.88. The molecule has 6 nitrogen and oxygen atoms in total. The highest BCUT2D eigenvalue weighted by Crippen LogP contribution is 2.12. The number of anilines is 1. The Kier molecular flexibility index (Phi) is 4.07. The summed E-state index contributed by atoms with van der Waals surface area (Å²) in [5.41, 5.74) is 1.11. The fourth-order valence-electron chi connectivity index (χ4n) is 1.64. The average Bonchev–Trinajstić information content (AvgIpc) is 2.91. The van der Waals surface area contributed by atoms with Crippen LogP contribution in [-0.2, 0) is 6.42 Å². The number of carbonyl (C=O) groups is 1. The summed E-state index contributed by atoms with van der Waals surface area (Å²) in [6, 6.07) is 1.16. The van der Waals surface area contributed by atoms with E-state index in [2.05, 4.69) is 25.6 Å². The molecule has 0 aliphatic heterocycles. The van der Waals surface area contributed by atoms with Crippen molar-refractivity contribution in [3.05, 3.63) is 41.9 Å². The van der Waals surface area contributed by atoms with Crippen molar-refractivity contribution in [2.75, 3.05) is 18.9 Å². The molecule has 0 bridgehead atoms. The van der Waals surface area contributed by atoms with Gasteiger partial charge < -0.3 is 15.6 Å². The topological polar surface area (TPSA) is 82.7 Å². The van der Waals surface area contributed by atoms with Crippen LogP contribution in [-0.4, -0.2) is 34.5 Å². The number of nitrogens with one attached hydrogen (secondary N) is 3. The van der Waals surface area contributed by atoms with E-state index in [-0.39, 0.29) is 11.5 Å². The van der Waals surface area contributed by atoms with Crippen molar-refractivity contribution < 1.29 is 9.18 Å². The van der Waals surface area contributed by atoms with Gasteiger partial charge in [-0.25, -0.2) is 14.4 Å². The molecule has 1 amide bonds. The standard InChI is InChI=1S/C12H14FN5O/c1-14-11-10(4-8(13)5-17-11)12(19)16-3-2-9-6-15-7-18-9/h4-7H,2-3H2,1H3,(H,14,17)(H,15,18)(H,16,19). The number of rotatable bonds is 5. The zero-order valence-corrected chi connectivity index (χ0v) is 10.4. The maximum atomic E-state index is 13.1. The number of hydrogen-bond acceptors (Lipinski definition) is 4. The SMILES string of the molecule is CNc1ncc(F)cc1C(=O)NCCc1cnc[nH]1. The van der Waals surface area contributed by atoms with E-state index >= 15 is 0 Å². The van der Waals surface area contributed by atoms with Crippen LogP contribution in [0.25, 0.3) is 0 Å². The van der Waals surface area contributed by atoms with Gasteiger partial charge in [0, 0.05) is 31.9 Å². The highest BCUT2D eigenvalue weighted by Gasteiger charge is 2.12. The van der Waals surface area contributed by atoms with E-state index in [0.29, 0.717) is 18.8 Å². The number of halogens is 1. The smallest absolute Gasteiger partial charge is 0.255 e. The predicted molar refractivity (Wildman–Crippen MR) is 68.4 cm³/mol. The van der Waals surface area contributed by atoms with Crippen LogP contribution >= 0.6 is 0 Å². The number of amides is 1. The first-order valence-corrected chi connectivity index (χ1v) is 5.79. The summed E-state index contributed by atoms with van der Waals surface area (Å²) in [7, 11) is 1.63. The van der Waals surface area contributed by atoms with Gasteiger partial charge in [-0.2, -0.15) is 0 Å². The van der Waals surface area contributed by atoms with Gasteiger partial charge in [0.2, 0.25) is 0 Å². The van der Waals surface area contributed by atoms with E-state index in [4.69, 9.17) is 0 Å². The summed E-state index contributed by atoms with van der Waals surface area (Å²) in [6.45, 7) is 0.431. The summed E-state index contributed by atoms with van der Waals surface area (Å²) < 4.78 is 13.1. The third-order valence-corrected chi connectivity index (χ3v) is 2.57. The molecule has 2 aromatic rings. The zero-order chi connectivity index (χ0) is 13.7. The first-order valence-electron chi connectivity index (χ1n) is 5.79. The molecule has 19 heavy (non-hydrogen) atoms. The molecule has 0 spiro atoms. The van der Waals surface area contributed by atoms with Gasteiger partial charge >= 0.3 is 0 Å². The van der Waals surface area contributed by atoms with Crippen molar-refractivity contribution in [2.45, 2.75) is 6.42 Å². The molecular weight excluding hydrogens is 249 g/mol. The fourth-order valence-corrected chi connectivity index (χ4v) is 1.64. The van der Waals surface area contributed by atoms with Crippen molar-refractivity contribution in [2.24, 2.45) is 0 Å². The van der Waals surface area contributed by atoms with Gasteiger partial charge in [0.25, 0.3) is 5.91 Å². The number of H-pyrrole nitrogens is 1. The number of nitrogens with zero attached hydrogens (tertiary/aromatic N) is 2. The van der Waals surface area contributed by atoms with E-state index < -0.39 is 5.82 Å². The van der Waals surface area contributed by atoms with Crippen LogP contribution in [0.4, 0.5) is 10.2 Å². The third-order valence-electron chi connectivity index (χ3n) is 2.57. The molecule has 2 rings (SSSR count). The number of hydrogen-bond donors (Lipinski definition) is 3.